The molecule has 0 aliphatic carbocycles. The van der Waals surface area contributed by atoms with E-state index in [2.05, 4.69) is 37.4 Å². The maximum Gasteiger partial charge on any atom is 0.255 e. The Morgan fingerprint density at radius 3 is 2.73 bits per heavy atom. The molecule has 6 rings (SSSR count). The number of pyridine rings is 1. The second kappa shape index (κ2) is 11.5. The largest absolute Gasteiger partial charge is 0.470 e. The SMILES string of the molecule is CC1CN(c2ncc(F)c(OCc3ccc(Cl)cc3F)n2)CCN1Cc1nc2cc(C#N)ncc2n1CC1CCO1. The van der Waals surface area contributed by atoms with Crippen LogP contribution in [0, 0.1) is 23.0 Å². The zero-order valence-corrected chi connectivity index (χ0v) is 23.1. The Labute approximate surface area is 240 Å². The predicted octanol–water partition coefficient (Wildman–Crippen LogP) is 4.10. The molecule has 0 amide bonds. The Bertz CT molecular complexity index is 1620. The van der Waals surface area contributed by atoms with Crippen molar-refractivity contribution in [2.75, 3.05) is 31.1 Å². The van der Waals surface area contributed by atoms with Crippen LogP contribution in [0.25, 0.3) is 11.0 Å². The smallest absolute Gasteiger partial charge is 0.255 e. The Morgan fingerprint density at radius 1 is 1.15 bits per heavy atom. The fourth-order valence-corrected chi connectivity index (χ4v) is 5.22. The second-order valence-corrected chi connectivity index (χ2v) is 10.6. The van der Waals surface area contributed by atoms with Gasteiger partial charge >= 0.3 is 0 Å². The zero-order chi connectivity index (χ0) is 28.5. The van der Waals surface area contributed by atoms with Crippen LogP contribution in [0.2, 0.25) is 5.02 Å². The van der Waals surface area contributed by atoms with Crippen LogP contribution in [0.3, 0.4) is 0 Å². The predicted molar refractivity (Wildman–Crippen MR) is 146 cm³/mol. The van der Waals surface area contributed by atoms with Crippen LogP contribution >= 0.6 is 11.6 Å². The molecule has 0 bridgehead atoms. The molecular weight excluding hydrogens is 554 g/mol. The lowest BCUT2D eigenvalue weighted by atomic mass is 10.2. The fourth-order valence-electron chi connectivity index (χ4n) is 5.07. The number of halogens is 3. The maximum atomic E-state index is 14.4. The number of hydrogen-bond acceptors (Lipinski definition) is 9. The molecular formula is C28H27ClF2N8O2. The number of aromatic nitrogens is 5. The number of ether oxygens (including phenoxy) is 2. The fraction of sp³-hybridized carbons (Fsp3) is 0.393. The summed E-state index contributed by atoms with van der Waals surface area (Å²) in [5, 5.41) is 9.54. The average molecular weight is 581 g/mol. The van der Waals surface area contributed by atoms with Crippen LogP contribution in [0.5, 0.6) is 5.88 Å². The molecule has 5 heterocycles. The van der Waals surface area contributed by atoms with E-state index in [0.29, 0.717) is 44.4 Å². The Balaban J connectivity index is 1.15. The van der Waals surface area contributed by atoms with Gasteiger partial charge in [-0.3, -0.25) is 4.90 Å². The summed E-state index contributed by atoms with van der Waals surface area (Å²) in [4.78, 5) is 21.9. The van der Waals surface area contributed by atoms with Crippen molar-refractivity contribution in [1.82, 2.24) is 29.4 Å². The van der Waals surface area contributed by atoms with Crippen molar-refractivity contribution in [2.45, 2.75) is 45.2 Å². The van der Waals surface area contributed by atoms with E-state index in [-0.39, 0.29) is 35.2 Å². The normalized spacial score (nSPS) is 19.2. The molecule has 3 aromatic heterocycles. The van der Waals surface area contributed by atoms with Gasteiger partial charge in [-0.15, -0.1) is 0 Å². The van der Waals surface area contributed by atoms with E-state index in [1.165, 1.54) is 12.1 Å². The number of rotatable bonds is 8. The highest BCUT2D eigenvalue weighted by Crippen LogP contribution is 2.25. The summed E-state index contributed by atoms with van der Waals surface area (Å²) >= 11 is 5.81. The van der Waals surface area contributed by atoms with Gasteiger partial charge in [0, 0.05) is 48.9 Å². The van der Waals surface area contributed by atoms with Crippen molar-refractivity contribution < 1.29 is 18.3 Å². The molecule has 10 nitrogen and oxygen atoms in total. The molecule has 4 aromatic rings. The number of benzene rings is 1. The summed E-state index contributed by atoms with van der Waals surface area (Å²) < 4.78 is 41.9. The van der Waals surface area contributed by atoms with Crippen molar-refractivity contribution in [3.8, 4) is 11.9 Å². The summed E-state index contributed by atoms with van der Waals surface area (Å²) in [5.74, 6) is -0.271. The van der Waals surface area contributed by atoms with E-state index in [1.807, 2.05) is 4.90 Å². The minimum atomic E-state index is -0.724. The molecule has 0 radical (unpaired) electrons. The summed E-state index contributed by atoms with van der Waals surface area (Å²) in [6.07, 6.45) is 3.91. The van der Waals surface area contributed by atoms with E-state index in [4.69, 9.17) is 26.1 Å². The van der Waals surface area contributed by atoms with Crippen LogP contribution in [0.1, 0.15) is 30.4 Å². The zero-order valence-electron chi connectivity index (χ0n) is 22.3. The second-order valence-electron chi connectivity index (χ2n) is 10.2. The minimum absolute atomic E-state index is 0.103. The van der Waals surface area contributed by atoms with E-state index in [9.17, 15) is 14.0 Å². The molecule has 2 unspecified atom stereocenters. The minimum Gasteiger partial charge on any atom is -0.470 e. The number of anilines is 1. The maximum absolute atomic E-state index is 14.4. The highest BCUT2D eigenvalue weighted by molar-refractivity contribution is 6.30. The van der Waals surface area contributed by atoms with Gasteiger partial charge in [-0.25, -0.2) is 19.3 Å². The van der Waals surface area contributed by atoms with Crippen LogP contribution in [-0.2, 0) is 24.4 Å². The van der Waals surface area contributed by atoms with E-state index in [0.717, 1.165) is 36.1 Å². The number of nitrogens with zero attached hydrogens (tertiary/aromatic N) is 8. The third kappa shape index (κ3) is 5.79. The third-order valence-electron chi connectivity index (χ3n) is 7.48. The van der Waals surface area contributed by atoms with Crippen LogP contribution in [-0.4, -0.2) is 67.8 Å². The first kappa shape index (κ1) is 27.3. The van der Waals surface area contributed by atoms with Gasteiger partial charge in [0.1, 0.15) is 30.0 Å². The number of nitriles is 1. The molecule has 2 aliphatic rings. The molecule has 0 saturated carbocycles. The average Bonchev–Trinajstić information content (AvgIpc) is 3.27. The molecule has 0 spiro atoms. The molecule has 2 fully saturated rings. The van der Waals surface area contributed by atoms with Crippen molar-refractivity contribution in [1.29, 1.82) is 5.26 Å². The Kier molecular flexibility index (Phi) is 7.66. The first-order valence-electron chi connectivity index (χ1n) is 13.3. The lowest BCUT2D eigenvalue weighted by Crippen LogP contribution is -2.52. The van der Waals surface area contributed by atoms with Gasteiger partial charge in [-0.2, -0.15) is 14.6 Å². The molecule has 13 heteroatoms. The van der Waals surface area contributed by atoms with E-state index < -0.39 is 11.6 Å². The summed E-state index contributed by atoms with van der Waals surface area (Å²) in [6.45, 7) is 5.85. The number of imidazole rings is 1. The summed E-state index contributed by atoms with van der Waals surface area (Å²) in [7, 11) is 0. The monoisotopic (exact) mass is 580 g/mol. The first-order chi connectivity index (χ1) is 19.9. The van der Waals surface area contributed by atoms with Crippen LogP contribution < -0.4 is 9.64 Å². The van der Waals surface area contributed by atoms with E-state index >= 15 is 0 Å². The van der Waals surface area contributed by atoms with Gasteiger partial charge in [0.25, 0.3) is 5.88 Å². The van der Waals surface area contributed by atoms with Crippen molar-refractivity contribution in [3.63, 3.8) is 0 Å². The third-order valence-corrected chi connectivity index (χ3v) is 7.71. The van der Waals surface area contributed by atoms with Crippen LogP contribution in [0.15, 0.2) is 36.7 Å². The Hall–Kier alpha value is -3.92. The highest BCUT2D eigenvalue weighted by atomic mass is 35.5. The van der Waals surface area contributed by atoms with Crippen LogP contribution in [0.4, 0.5) is 14.7 Å². The molecule has 212 valence electrons. The Morgan fingerprint density at radius 2 is 2.00 bits per heavy atom. The van der Waals surface area contributed by atoms with Crippen molar-refractivity contribution in [2.24, 2.45) is 0 Å². The topological polar surface area (TPSA) is 105 Å². The first-order valence-corrected chi connectivity index (χ1v) is 13.7. The molecule has 2 atom stereocenters. The highest BCUT2D eigenvalue weighted by Gasteiger charge is 2.29. The molecule has 1 aromatic carbocycles. The van der Waals surface area contributed by atoms with Gasteiger partial charge in [0.2, 0.25) is 11.8 Å². The lowest BCUT2D eigenvalue weighted by Gasteiger charge is -2.39. The molecule has 0 N–H and O–H groups in total. The van der Waals surface area contributed by atoms with E-state index in [1.54, 1.807) is 18.3 Å². The number of fused-ring (bicyclic) bond motifs is 1. The van der Waals surface area contributed by atoms with Gasteiger partial charge in [0.05, 0.1) is 42.6 Å². The number of piperazine rings is 1. The van der Waals surface area contributed by atoms with Crippen molar-refractivity contribution >= 4 is 28.6 Å². The quantitative estimate of drug-likeness (QED) is 0.304. The van der Waals surface area contributed by atoms with Gasteiger partial charge < -0.3 is 18.9 Å². The number of hydrogen-bond donors (Lipinski definition) is 0. The van der Waals surface area contributed by atoms with Gasteiger partial charge in [-0.05, 0) is 25.5 Å². The lowest BCUT2D eigenvalue weighted by molar-refractivity contribution is -0.0592. The van der Waals surface area contributed by atoms with Crippen molar-refractivity contribution in [3.05, 3.63) is 70.4 Å². The standard InChI is InChI=1S/C28H27ClF2N8O2/c1-17-13-38(28-34-11-23(31)27(36-28)41-16-18-2-3-19(29)8-22(18)30)6-5-37(17)15-26-35-24-9-20(10-32)33-12-25(24)39(26)14-21-4-7-40-21/h2-3,8-9,11-12,17,21H,4-7,13-16H2,1H3. The summed E-state index contributed by atoms with van der Waals surface area (Å²) in [6, 6.07) is 8.11. The molecule has 41 heavy (non-hydrogen) atoms. The van der Waals surface area contributed by atoms with Gasteiger partial charge in [-0.1, -0.05) is 17.7 Å². The molecule has 2 aliphatic heterocycles. The summed E-state index contributed by atoms with van der Waals surface area (Å²) in [5.41, 5.74) is 2.19. The van der Waals surface area contributed by atoms with Gasteiger partial charge in [0.15, 0.2) is 0 Å². The molecule has 2 saturated heterocycles.